The Morgan fingerprint density at radius 1 is 1.09 bits per heavy atom. The van der Waals surface area contributed by atoms with E-state index in [4.69, 9.17) is 0 Å². The molecule has 0 N–H and O–H groups in total. The lowest BCUT2D eigenvalue weighted by Crippen LogP contribution is -2.19. The minimum absolute atomic E-state index is 0.287. The van der Waals surface area contributed by atoms with Gasteiger partial charge in [0.2, 0.25) is 0 Å². The van der Waals surface area contributed by atoms with Gasteiger partial charge in [-0.25, -0.2) is 4.39 Å². The van der Waals surface area contributed by atoms with E-state index in [-0.39, 0.29) is 5.25 Å². The summed E-state index contributed by atoms with van der Waals surface area (Å²) in [7, 11) is 0. The van der Waals surface area contributed by atoms with Crippen molar-refractivity contribution in [2.45, 2.75) is 49.9 Å². The van der Waals surface area contributed by atoms with E-state index >= 15 is 0 Å². The quantitative estimate of drug-likeness (QED) is 0.590. The summed E-state index contributed by atoms with van der Waals surface area (Å²) in [6.07, 6.45) is 8.24. The van der Waals surface area contributed by atoms with E-state index in [9.17, 15) is 4.39 Å². The normalized spacial score (nSPS) is 34.4. The highest BCUT2D eigenvalue weighted by Gasteiger charge is 2.20. The number of rotatable bonds is 1. The molecule has 1 rings (SSSR count). The third-order valence-corrected chi connectivity index (χ3v) is 3.56. The molecule has 0 radical (unpaired) electrons. The second-order valence-corrected chi connectivity index (χ2v) is 4.36. The summed E-state index contributed by atoms with van der Waals surface area (Å²) in [5.41, 5.74) is 0. The average Bonchev–Trinajstić information content (AvgIpc) is 1.98. The fourth-order valence-corrected chi connectivity index (χ4v) is 2.50. The first-order valence-electron chi connectivity index (χ1n) is 4.51. The smallest absolute Gasteiger partial charge is 0.112 e. The first-order chi connectivity index (χ1) is 5.34. The summed E-state index contributed by atoms with van der Waals surface area (Å²) in [5.74, 6) is 0. The van der Waals surface area contributed by atoms with Crippen LogP contribution in [-0.4, -0.2) is 17.7 Å². The van der Waals surface area contributed by atoms with Crippen molar-refractivity contribution in [3.8, 4) is 0 Å². The summed E-state index contributed by atoms with van der Waals surface area (Å²) in [5, 5.41) is 0.287. The number of alkyl halides is 1. The maximum atomic E-state index is 13.3. The van der Waals surface area contributed by atoms with Gasteiger partial charge in [0.25, 0.3) is 0 Å². The van der Waals surface area contributed by atoms with Gasteiger partial charge in [0.15, 0.2) is 0 Å². The second-order valence-electron chi connectivity index (χ2n) is 3.28. The van der Waals surface area contributed by atoms with Crippen molar-refractivity contribution in [3.05, 3.63) is 0 Å². The summed E-state index contributed by atoms with van der Waals surface area (Å²) < 4.78 is 13.3. The molecule has 0 aliphatic heterocycles. The first-order valence-corrected chi connectivity index (χ1v) is 5.80. The van der Waals surface area contributed by atoms with Crippen LogP contribution in [0.5, 0.6) is 0 Å². The molecule has 0 aromatic rings. The molecule has 0 aromatic carbocycles. The maximum absolute atomic E-state index is 13.3. The summed E-state index contributed by atoms with van der Waals surface area (Å²) in [6, 6.07) is 0. The lowest BCUT2D eigenvalue weighted by Gasteiger charge is -2.21. The van der Waals surface area contributed by atoms with Crippen LogP contribution in [-0.2, 0) is 0 Å². The van der Waals surface area contributed by atoms with E-state index in [1.165, 1.54) is 19.3 Å². The Morgan fingerprint density at radius 3 is 2.36 bits per heavy atom. The molecule has 1 fully saturated rings. The molecule has 0 nitrogen and oxygen atoms in total. The Labute approximate surface area is 72.9 Å². The van der Waals surface area contributed by atoms with Crippen LogP contribution in [0, 0.1) is 0 Å². The standard InChI is InChI=1S/C9H17FS/c1-11-9-7-5-3-2-4-6-8(9)10/h8-9H,2-7H2,1H3/t8-,9-/m0/s1. The van der Waals surface area contributed by atoms with Gasteiger partial charge in [0.1, 0.15) is 6.17 Å². The summed E-state index contributed by atoms with van der Waals surface area (Å²) in [6.45, 7) is 0. The van der Waals surface area contributed by atoms with E-state index in [0.29, 0.717) is 0 Å². The van der Waals surface area contributed by atoms with Gasteiger partial charge in [0.05, 0.1) is 0 Å². The highest BCUT2D eigenvalue weighted by molar-refractivity contribution is 7.99. The monoisotopic (exact) mass is 176 g/mol. The Morgan fingerprint density at radius 2 is 1.73 bits per heavy atom. The van der Waals surface area contributed by atoms with Crippen molar-refractivity contribution in [3.63, 3.8) is 0 Å². The van der Waals surface area contributed by atoms with E-state index in [1.54, 1.807) is 11.8 Å². The van der Waals surface area contributed by atoms with Crippen molar-refractivity contribution in [1.29, 1.82) is 0 Å². The van der Waals surface area contributed by atoms with Crippen molar-refractivity contribution in [1.82, 2.24) is 0 Å². The van der Waals surface area contributed by atoms with Gasteiger partial charge in [-0.3, -0.25) is 0 Å². The number of hydrogen-bond donors (Lipinski definition) is 0. The van der Waals surface area contributed by atoms with E-state index in [0.717, 1.165) is 19.3 Å². The minimum Gasteiger partial charge on any atom is -0.246 e. The third kappa shape index (κ3) is 3.02. The minimum atomic E-state index is -0.537. The van der Waals surface area contributed by atoms with E-state index in [1.807, 2.05) is 6.26 Å². The lowest BCUT2D eigenvalue weighted by molar-refractivity contribution is 0.276. The van der Waals surface area contributed by atoms with Crippen molar-refractivity contribution in [2.24, 2.45) is 0 Å². The molecule has 0 aromatic heterocycles. The van der Waals surface area contributed by atoms with Gasteiger partial charge >= 0.3 is 0 Å². The van der Waals surface area contributed by atoms with Gasteiger partial charge in [-0.05, 0) is 19.1 Å². The Bertz CT molecular complexity index is 106. The van der Waals surface area contributed by atoms with E-state index in [2.05, 4.69) is 0 Å². The zero-order chi connectivity index (χ0) is 8.10. The van der Waals surface area contributed by atoms with E-state index < -0.39 is 6.17 Å². The first kappa shape index (κ1) is 9.37. The molecule has 1 aliphatic rings. The molecule has 2 atom stereocenters. The molecule has 2 heteroatoms. The molecule has 0 heterocycles. The number of hydrogen-bond acceptors (Lipinski definition) is 1. The second kappa shape index (κ2) is 5.02. The van der Waals surface area contributed by atoms with Crippen LogP contribution in [0.4, 0.5) is 4.39 Å². The predicted octanol–water partition coefficient (Wildman–Crippen LogP) is 3.41. The van der Waals surface area contributed by atoms with Crippen LogP contribution in [0.3, 0.4) is 0 Å². The summed E-state index contributed by atoms with van der Waals surface area (Å²) >= 11 is 1.70. The fourth-order valence-electron chi connectivity index (χ4n) is 1.67. The molecular formula is C9H17FS. The topological polar surface area (TPSA) is 0 Å². The predicted molar refractivity (Wildman–Crippen MR) is 49.9 cm³/mol. The van der Waals surface area contributed by atoms with Crippen LogP contribution >= 0.6 is 11.8 Å². The lowest BCUT2D eigenvalue weighted by atomic mass is 9.99. The Hall–Kier alpha value is 0.280. The molecule has 0 spiro atoms. The van der Waals surface area contributed by atoms with Crippen LogP contribution in [0.25, 0.3) is 0 Å². The molecule has 0 amide bonds. The molecule has 11 heavy (non-hydrogen) atoms. The van der Waals surface area contributed by atoms with Crippen molar-refractivity contribution < 1.29 is 4.39 Å². The van der Waals surface area contributed by atoms with Gasteiger partial charge in [-0.1, -0.05) is 25.7 Å². The van der Waals surface area contributed by atoms with Crippen molar-refractivity contribution >= 4 is 11.8 Å². The average molecular weight is 176 g/mol. The van der Waals surface area contributed by atoms with Gasteiger partial charge in [-0.15, -0.1) is 0 Å². The summed E-state index contributed by atoms with van der Waals surface area (Å²) in [4.78, 5) is 0. The maximum Gasteiger partial charge on any atom is 0.112 e. The molecule has 0 saturated heterocycles. The van der Waals surface area contributed by atoms with Gasteiger partial charge in [-0.2, -0.15) is 11.8 Å². The van der Waals surface area contributed by atoms with Crippen molar-refractivity contribution in [2.75, 3.05) is 6.26 Å². The SMILES string of the molecule is CS[C@H]1CCCCCC[C@@H]1F. The fraction of sp³-hybridized carbons (Fsp3) is 1.00. The molecule has 66 valence electrons. The van der Waals surface area contributed by atoms with Gasteiger partial charge in [0, 0.05) is 5.25 Å². The molecule has 0 unspecified atom stereocenters. The molecule has 1 saturated carbocycles. The Kier molecular flexibility index (Phi) is 4.28. The molecular weight excluding hydrogens is 159 g/mol. The zero-order valence-electron chi connectivity index (χ0n) is 7.18. The molecule has 1 aliphatic carbocycles. The third-order valence-electron chi connectivity index (χ3n) is 2.42. The number of halogens is 1. The largest absolute Gasteiger partial charge is 0.246 e. The van der Waals surface area contributed by atoms with Crippen LogP contribution in [0.2, 0.25) is 0 Å². The highest BCUT2D eigenvalue weighted by Crippen LogP contribution is 2.27. The highest BCUT2D eigenvalue weighted by atomic mass is 32.2. The zero-order valence-corrected chi connectivity index (χ0v) is 8.00. The number of thioether (sulfide) groups is 1. The van der Waals surface area contributed by atoms with Crippen LogP contribution < -0.4 is 0 Å². The van der Waals surface area contributed by atoms with Crippen LogP contribution in [0.15, 0.2) is 0 Å². The molecule has 0 bridgehead atoms. The van der Waals surface area contributed by atoms with Crippen LogP contribution in [0.1, 0.15) is 38.5 Å². The Balaban J connectivity index is 2.33. The van der Waals surface area contributed by atoms with Gasteiger partial charge < -0.3 is 0 Å².